The molecule has 0 heterocycles. The average molecular weight is 211 g/mol. The number of amides is 1. The highest BCUT2D eigenvalue weighted by Gasteiger charge is 2.66. The van der Waals surface area contributed by atoms with Crippen molar-refractivity contribution in [3.05, 3.63) is 0 Å². The highest BCUT2D eigenvalue weighted by Crippen LogP contribution is 2.64. The first-order valence-corrected chi connectivity index (χ1v) is 5.28. The summed E-state index contributed by atoms with van der Waals surface area (Å²) >= 11 is 0. The molecule has 2 bridgehead atoms. The first-order chi connectivity index (χ1) is 6.79. The molecule has 4 heteroatoms. The summed E-state index contributed by atoms with van der Waals surface area (Å²) in [6.45, 7) is 6.12. The molecule has 0 aromatic rings. The monoisotopic (exact) mass is 211 g/mol. The maximum Gasteiger partial charge on any atom is 0.404 e. The number of ketones is 1. The predicted octanol–water partition coefficient (Wildman–Crippen LogP) is 1.48. The van der Waals surface area contributed by atoms with Crippen LogP contribution in [0.4, 0.5) is 4.79 Å². The standard InChI is InChI=1S/C11H17NO3/c1-10(2)6-4-8(13)11(10,3)5-7(6)15-9(12)14/h6-7H,4-5H2,1-3H3,(H2,12,14). The fourth-order valence-corrected chi connectivity index (χ4v) is 3.24. The Morgan fingerprint density at radius 3 is 2.40 bits per heavy atom. The molecular formula is C11H17NO3. The highest BCUT2D eigenvalue weighted by molar-refractivity contribution is 5.89. The molecular weight excluding hydrogens is 194 g/mol. The number of fused-ring (bicyclic) bond motifs is 2. The van der Waals surface area contributed by atoms with Crippen LogP contribution in [0.1, 0.15) is 33.6 Å². The van der Waals surface area contributed by atoms with Gasteiger partial charge in [-0.05, 0) is 11.8 Å². The SMILES string of the molecule is CC12CC(OC(N)=O)C(CC1=O)C2(C)C. The van der Waals surface area contributed by atoms with Gasteiger partial charge in [-0.2, -0.15) is 0 Å². The minimum Gasteiger partial charge on any atom is -0.446 e. The number of carbonyl (C=O) groups is 2. The van der Waals surface area contributed by atoms with Gasteiger partial charge in [-0.25, -0.2) is 4.79 Å². The Hall–Kier alpha value is -1.06. The Morgan fingerprint density at radius 2 is 2.07 bits per heavy atom. The van der Waals surface area contributed by atoms with Gasteiger partial charge in [0, 0.05) is 17.8 Å². The normalized spacial score (nSPS) is 41.9. The van der Waals surface area contributed by atoms with Gasteiger partial charge >= 0.3 is 6.09 Å². The molecule has 0 aromatic carbocycles. The first-order valence-electron chi connectivity index (χ1n) is 5.28. The van der Waals surface area contributed by atoms with E-state index in [0.29, 0.717) is 18.6 Å². The van der Waals surface area contributed by atoms with Gasteiger partial charge in [-0.1, -0.05) is 20.8 Å². The van der Waals surface area contributed by atoms with Gasteiger partial charge < -0.3 is 10.5 Å². The van der Waals surface area contributed by atoms with Crippen LogP contribution in [0.25, 0.3) is 0 Å². The van der Waals surface area contributed by atoms with Gasteiger partial charge in [0.15, 0.2) is 0 Å². The molecule has 0 radical (unpaired) electrons. The van der Waals surface area contributed by atoms with Crippen LogP contribution in [0.15, 0.2) is 0 Å². The van der Waals surface area contributed by atoms with Crippen molar-refractivity contribution in [2.45, 2.75) is 39.7 Å². The molecule has 2 saturated carbocycles. The molecule has 15 heavy (non-hydrogen) atoms. The van der Waals surface area contributed by atoms with Crippen LogP contribution in [-0.2, 0) is 9.53 Å². The molecule has 3 unspecified atom stereocenters. The van der Waals surface area contributed by atoms with Crippen molar-refractivity contribution in [2.24, 2.45) is 22.5 Å². The van der Waals surface area contributed by atoms with Crippen molar-refractivity contribution < 1.29 is 14.3 Å². The molecule has 0 aromatic heterocycles. The highest BCUT2D eigenvalue weighted by atomic mass is 16.6. The zero-order chi connectivity index (χ0) is 11.4. The average Bonchev–Trinajstić information content (AvgIpc) is 2.34. The van der Waals surface area contributed by atoms with E-state index in [9.17, 15) is 9.59 Å². The second-order valence-electron chi connectivity index (χ2n) is 5.47. The molecule has 2 aliphatic carbocycles. The van der Waals surface area contributed by atoms with Crippen molar-refractivity contribution in [1.82, 2.24) is 0 Å². The van der Waals surface area contributed by atoms with E-state index in [4.69, 9.17) is 10.5 Å². The van der Waals surface area contributed by atoms with Gasteiger partial charge in [0.05, 0.1) is 0 Å². The largest absolute Gasteiger partial charge is 0.446 e. The number of carbonyl (C=O) groups excluding carboxylic acids is 2. The number of nitrogens with two attached hydrogens (primary N) is 1. The van der Waals surface area contributed by atoms with Crippen LogP contribution in [0.5, 0.6) is 0 Å². The molecule has 84 valence electrons. The Bertz CT molecular complexity index is 337. The Morgan fingerprint density at radius 1 is 1.47 bits per heavy atom. The van der Waals surface area contributed by atoms with Crippen molar-refractivity contribution in [1.29, 1.82) is 0 Å². The maximum atomic E-state index is 11.8. The zero-order valence-corrected chi connectivity index (χ0v) is 9.37. The molecule has 4 nitrogen and oxygen atoms in total. The summed E-state index contributed by atoms with van der Waals surface area (Å²) in [5, 5.41) is 0. The predicted molar refractivity (Wildman–Crippen MR) is 54.1 cm³/mol. The lowest BCUT2D eigenvalue weighted by Crippen LogP contribution is -2.33. The Labute approximate surface area is 89.2 Å². The number of ether oxygens (including phenoxy) is 1. The van der Waals surface area contributed by atoms with Crippen molar-refractivity contribution >= 4 is 11.9 Å². The first kappa shape index (κ1) is 10.5. The van der Waals surface area contributed by atoms with E-state index in [2.05, 4.69) is 13.8 Å². The summed E-state index contributed by atoms with van der Waals surface area (Å²) < 4.78 is 5.08. The number of rotatable bonds is 1. The van der Waals surface area contributed by atoms with E-state index in [1.54, 1.807) is 0 Å². The van der Waals surface area contributed by atoms with E-state index < -0.39 is 6.09 Å². The van der Waals surface area contributed by atoms with Crippen LogP contribution in [0, 0.1) is 16.7 Å². The van der Waals surface area contributed by atoms with Crippen molar-refractivity contribution in [3.63, 3.8) is 0 Å². The van der Waals surface area contributed by atoms with Gasteiger partial charge in [-0.15, -0.1) is 0 Å². The summed E-state index contributed by atoms with van der Waals surface area (Å²) in [5.41, 5.74) is 4.58. The number of Topliss-reactive ketones (excluding diaryl/α,β-unsaturated/α-hetero) is 1. The van der Waals surface area contributed by atoms with Crippen LogP contribution < -0.4 is 5.73 Å². The fourth-order valence-electron chi connectivity index (χ4n) is 3.24. The smallest absolute Gasteiger partial charge is 0.404 e. The van der Waals surface area contributed by atoms with Crippen LogP contribution >= 0.6 is 0 Å². The lowest BCUT2D eigenvalue weighted by Gasteiger charge is -2.31. The minimum atomic E-state index is -0.737. The van der Waals surface area contributed by atoms with Crippen LogP contribution in [-0.4, -0.2) is 18.0 Å². The van der Waals surface area contributed by atoms with E-state index in [-0.39, 0.29) is 22.9 Å². The summed E-state index contributed by atoms with van der Waals surface area (Å²) in [6, 6.07) is 0. The lowest BCUT2D eigenvalue weighted by atomic mass is 9.70. The number of primary amides is 1. The van der Waals surface area contributed by atoms with E-state index in [0.717, 1.165) is 0 Å². The van der Waals surface area contributed by atoms with Crippen molar-refractivity contribution in [2.75, 3.05) is 0 Å². The molecule has 0 aliphatic heterocycles. The lowest BCUT2D eigenvalue weighted by molar-refractivity contribution is -0.129. The molecule has 2 rings (SSSR count). The third kappa shape index (κ3) is 1.13. The molecule has 0 saturated heterocycles. The zero-order valence-electron chi connectivity index (χ0n) is 9.37. The van der Waals surface area contributed by atoms with Crippen molar-refractivity contribution in [3.8, 4) is 0 Å². The minimum absolute atomic E-state index is 0.0931. The quantitative estimate of drug-likeness (QED) is 0.714. The molecule has 2 fully saturated rings. The summed E-state index contributed by atoms with van der Waals surface area (Å²) in [4.78, 5) is 22.6. The number of hydrogen-bond acceptors (Lipinski definition) is 3. The van der Waals surface area contributed by atoms with Gasteiger partial charge in [0.1, 0.15) is 11.9 Å². The van der Waals surface area contributed by atoms with E-state index in [1.165, 1.54) is 0 Å². The van der Waals surface area contributed by atoms with E-state index >= 15 is 0 Å². The fraction of sp³-hybridized carbons (Fsp3) is 0.818. The van der Waals surface area contributed by atoms with Gasteiger partial charge in [-0.3, -0.25) is 4.79 Å². The van der Waals surface area contributed by atoms with Crippen LogP contribution in [0.3, 0.4) is 0 Å². The maximum absolute atomic E-state index is 11.8. The summed E-state index contributed by atoms with van der Waals surface area (Å²) in [6.07, 6.45) is 0.216. The summed E-state index contributed by atoms with van der Waals surface area (Å²) in [7, 11) is 0. The van der Waals surface area contributed by atoms with E-state index in [1.807, 2.05) is 6.92 Å². The topological polar surface area (TPSA) is 69.4 Å². The summed E-state index contributed by atoms with van der Waals surface area (Å²) in [5.74, 6) is 0.421. The molecule has 3 atom stereocenters. The molecule has 1 amide bonds. The molecule has 0 spiro atoms. The molecule has 2 aliphatic rings. The van der Waals surface area contributed by atoms with Gasteiger partial charge in [0.25, 0.3) is 0 Å². The van der Waals surface area contributed by atoms with Crippen LogP contribution in [0.2, 0.25) is 0 Å². The second-order valence-corrected chi connectivity index (χ2v) is 5.47. The third-order valence-corrected chi connectivity index (χ3v) is 4.70. The third-order valence-electron chi connectivity index (χ3n) is 4.70. The Balaban J connectivity index is 2.28. The molecule has 2 N–H and O–H groups in total. The Kier molecular flexibility index (Phi) is 1.91. The van der Waals surface area contributed by atoms with Gasteiger partial charge in [0.2, 0.25) is 0 Å². The number of hydrogen-bond donors (Lipinski definition) is 1. The second kappa shape index (κ2) is 2.74.